The van der Waals surface area contributed by atoms with Crippen LogP contribution in [0.15, 0.2) is 29.2 Å². The summed E-state index contributed by atoms with van der Waals surface area (Å²) in [5.41, 5.74) is 3.73. The van der Waals surface area contributed by atoms with Gasteiger partial charge in [-0.2, -0.15) is 0 Å². The van der Waals surface area contributed by atoms with Crippen molar-refractivity contribution in [2.45, 2.75) is 4.90 Å². The number of nitrogens with one attached hydrogen (secondary N) is 1. The number of benzene rings is 1. The minimum Gasteiger partial charge on any atom is -0.411 e. The van der Waals surface area contributed by atoms with E-state index < -0.39 is 7.25 Å². The first kappa shape index (κ1) is 7.94. The molecule has 12 heavy (non-hydrogen) atoms. The summed E-state index contributed by atoms with van der Waals surface area (Å²) >= 11 is 1.27. The zero-order valence-corrected chi connectivity index (χ0v) is 6.95. The average molecular weight is 182 g/mol. The van der Waals surface area contributed by atoms with Crippen LogP contribution >= 0.6 is 11.9 Å². The lowest BCUT2D eigenvalue weighted by atomic mass is 10.2. The van der Waals surface area contributed by atoms with Crippen molar-refractivity contribution >= 4 is 24.9 Å². The van der Waals surface area contributed by atoms with Crippen molar-refractivity contribution in [1.82, 2.24) is 4.33 Å². The zero-order valence-electron chi connectivity index (χ0n) is 6.14. The summed E-state index contributed by atoms with van der Waals surface area (Å²) in [6.45, 7) is 0. The lowest BCUT2D eigenvalue weighted by molar-refractivity contribution is 0.360. The van der Waals surface area contributed by atoms with Crippen molar-refractivity contribution in [2.75, 3.05) is 5.43 Å². The molecule has 4 nitrogen and oxygen atoms in total. The van der Waals surface area contributed by atoms with Gasteiger partial charge in [0.2, 0.25) is 0 Å². The number of hydrogen-bond acceptors (Lipinski definition) is 5. The molecule has 0 aliphatic carbocycles. The fourth-order valence-electron chi connectivity index (χ4n) is 0.991. The fourth-order valence-corrected chi connectivity index (χ4v) is 1.79. The molecular weight excluding hydrogens is 175 g/mol. The number of hydrazine groups is 1. The van der Waals surface area contributed by atoms with Crippen LogP contribution in [-0.2, 0) is 0 Å². The molecule has 0 aromatic heterocycles. The van der Waals surface area contributed by atoms with Crippen molar-refractivity contribution in [2.24, 2.45) is 0 Å². The summed E-state index contributed by atoms with van der Waals surface area (Å²) in [6, 6.07) is 7.58. The molecule has 62 valence electrons. The van der Waals surface area contributed by atoms with Gasteiger partial charge in [0.15, 0.2) is 0 Å². The standard InChI is InChI=1S/C6H7BN2O2S/c10-7(11)9-8-5-3-1-2-4-6(5)12-9/h1-4,8,10-11H. The number of hydrogen-bond donors (Lipinski definition) is 3. The van der Waals surface area contributed by atoms with Gasteiger partial charge in [-0.1, -0.05) is 12.1 Å². The first-order chi connectivity index (χ1) is 5.77. The Kier molecular flexibility index (Phi) is 1.97. The topological polar surface area (TPSA) is 55.7 Å². The Labute approximate surface area is 74.5 Å². The molecule has 1 aliphatic rings. The van der Waals surface area contributed by atoms with E-state index in [4.69, 9.17) is 10.0 Å². The van der Waals surface area contributed by atoms with E-state index in [0.717, 1.165) is 10.6 Å². The zero-order chi connectivity index (χ0) is 8.55. The molecule has 1 aliphatic heterocycles. The molecule has 6 heteroatoms. The van der Waals surface area contributed by atoms with E-state index in [0.29, 0.717) is 0 Å². The second-order valence-corrected chi connectivity index (χ2v) is 3.39. The number of anilines is 1. The molecule has 1 heterocycles. The largest absolute Gasteiger partial charge is 0.582 e. The van der Waals surface area contributed by atoms with E-state index in [1.807, 2.05) is 24.3 Å². The molecule has 0 atom stereocenters. The highest BCUT2D eigenvalue weighted by molar-refractivity contribution is 7.98. The Bertz CT molecular complexity index is 272. The van der Waals surface area contributed by atoms with Gasteiger partial charge in [0.05, 0.1) is 5.69 Å². The Morgan fingerprint density at radius 1 is 1.33 bits per heavy atom. The quantitative estimate of drug-likeness (QED) is 0.431. The first-order valence-corrected chi connectivity index (χ1v) is 4.24. The second-order valence-electron chi connectivity index (χ2n) is 2.37. The summed E-state index contributed by atoms with van der Waals surface area (Å²) in [5, 5.41) is 17.6. The van der Waals surface area contributed by atoms with Crippen LogP contribution < -0.4 is 5.43 Å². The predicted molar refractivity (Wildman–Crippen MR) is 48.0 cm³/mol. The molecule has 2 rings (SSSR count). The number of nitrogens with zero attached hydrogens (tertiary/aromatic N) is 1. The summed E-state index contributed by atoms with van der Waals surface area (Å²) in [6.07, 6.45) is 0. The monoisotopic (exact) mass is 182 g/mol. The third-order valence-corrected chi connectivity index (χ3v) is 2.55. The van der Waals surface area contributed by atoms with Crippen molar-refractivity contribution in [3.05, 3.63) is 24.3 Å². The number of fused-ring (bicyclic) bond motifs is 1. The van der Waals surface area contributed by atoms with Crippen molar-refractivity contribution in [1.29, 1.82) is 0 Å². The van der Waals surface area contributed by atoms with Gasteiger partial charge in [-0.25, -0.2) is 0 Å². The molecule has 1 aromatic rings. The Balaban J connectivity index is 2.22. The van der Waals surface area contributed by atoms with Crippen LogP contribution in [-0.4, -0.2) is 21.6 Å². The van der Waals surface area contributed by atoms with E-state index in [1.165, 1.54) is 16.3 Å². The third kappa shape index (κ3) is 1.29. The van der Waals surface area contributed by atoms with Crippen LogP contribution in [0.25, 0.3) is 0 Å². The van der Waals surface area contributed by atoms with Crippen LogP contribution in [0, 0.1) is 0 Å². The van der Waals surface area contributed by atoms with Crippen LogP contribution in [0.4, 0.5) is 5.69 Å². The normalized spacial score (nSPS) is 15.5. The van der Waals surface area contributed by atoms with Gasteiger partial charge in [0.25, 0.3) is 0 Å². The van der Waals surface area contributed by atoms with E-state index in [2.05, 4.69) is 5.43 Å². The molecule has 0 spiro atoms. The highest BCUT2D eigenvalue weighted by Gasteiger charge is 2.28. The molecule has 0 radical (unpaired) electrons. The molecule has 1 aromatic carbocycles. The molecule has 0 amide bonds. The van der Waals surface area contributed by atoms with Crippen molar-refractivity contribution in [3.8, 4) is 0 Å². The summed E-state index contributed by atoms with van der Waals surface area (Å²) in [7, 11) is -1.48. The first-order valence-electron chi connectivity index (χ1n) is 3.46. The van der Waals surface area contributed by atoms with Crippen LogP contribution in [0.3, 0.4) is 0 Å². The van der Waals surface area contributed by atoms with Gasteiger partial charge < -0.3 is 15.5 Å². The molecule has 0 saturated heterocycles. The molecular formula is C6H7BN2O2S. The molecule has 3 N–H and O–H groups in total. The van der Waals surface area contributed by atoms with Crippen LogP contribution in [0.1, 0.15) is 0 Å². The van der Waals surface area contributed by atoms with E-state index >= 15 is 0 Å². The molecule has 0 unspecified atom stereocenters. The highest BCUT2D eigenvalue weighted by Crippen LogP contribution is 2.36. The molecule has 0 saturated carbocycles. The fraction of sp³-hybridized carbons (Fsp3) is 0. The second kappa shape index (κ2) is 2.99. The Morgan fingerprint density at radius 2 is 2.08 bits per heavy atom. The van der Waals surface area contributed by atoms with E-state index in [-0.39, 0.29) is 0 Å². The number of rotatable bonds is 1. The molecule has 0 fully saturated rings. The van der Waals surface area contributed by atoms with Gasteiger partial charge in [-0.3, -0.25) is 0 Å². The van der Waals surface area contributed by atoms with E-state index in [9.17, 15) is 0 Å². The maximum atomic E-state index is 8.82. The van der Waals surface area contributed by atoms with Gasteiger partial charge in [-0.15, -0.1) is 4.33 Å². The third-order valence-electron chi connectivity index (χ3n) is 1.52. The summed E-state index contributed by atoms with van der Waals surface area (Å²) in [5.74, 6) is 0. The Hall–Kier alpha value is -0.685. The minimum absolute atomic E-state index is 0.899. The maximum absolute atomic E-state index is 8.82. The number of para-hydroxylation sites is 1. The lowest BCUT2D eigenvalue weighted by Crippen LogP contribution is -2.35. The van der Waals surface area contributed by atoms with Crippen molar-refractivity contribution in [3.63, 3.8) is 0 Å². The Morgan fingerprint density at radius 3 is 2.75 bits per heavy atom. The van der Waals surface area contributed by atoms with Crippen molar-refractivity contribution < 1.29 is 10.0 Å². The van der Waals surface area contributed by atoms with Crippen LogP contribution in [0.2, 0.25) is 0 Å². The minimum atomic E-state index is -1.48. The smallest absolute Gasteiger partial charge is 0.411 e. The van der Waals surface area contributed by atoms with Gasteiger partial charge in [0.1, 0.15) is 0 Å². The summed E-state index contributed by atoms with van der Waals surface area (Å²) in [4.78, 5) is 0.991. The highest BCUT2D eigenvalue weighted by atomic mass is 32.2. The van der Waals surface area contributed by atoms with E-state index in [1.54, 1.807) is 0 Å². The van der Waals surface area contributed by atoms with Crippen LogP contribution in [0.5, 0.6) is 0 Å². The van der Waals surface area contributed by atoms with Gasteiger partial charge in [0, 0.05) is 4.90 Å². The lowest BCUT2D eigenvalue weighted by Gasteiger charge is -2.11. The van der Waals surface area contributed by atoms with Gasteiger partial charge >= 0.3 is 7.25 Å². The van der Waals surface area contributed by atoms with Gasteiger partial charge in [-0.05, 0) is 24.1 Å². The average Bonchev–Trinajstić information content (AvgIpc) is 2.46. The SMILES string of the molecule is OB(O)N1Nc2ccccc2S1. The molecule has 0 bridgehead atoms. The maximum Gasteiger partial charge on any atom is 0.582 e. The predicted octanol–water partition coefficient (Wildman–Crippen LogP) is 0.306. The summed E-state index contributed by atoms with van der Waals surface area (Å²) < 4.78 is 1.27.